The lowest BCUT2D eigenvalue weighted by Gasteiger charge is -2.08. The van der Waals surface area contributed by atoms with Gasteiger partial charge in [-0.05, 0) is 14.0 Å². The minimum absolute atomic E-state index is 0.119. The van der Waals surface area contributed by atoms with Crippen LogP contribution < -0.4 is 5.32 Å². The Morgan fingerprint density at radius 3 is 2.93 bits per heavy atom. The lowest BCUT2D eigenvalue weighted by Crippen LogP contribution is -2.18. The highest BCUT2D eigenvalue weighted by Gasteiger charge is 2.21. The van der Waals surface area contributed by atoms with Crippen LogP contribution in [0.3, 0.4) is 0 Å². The summed E-state index contributed by atoms with van der Waals surface area (Å²) in [4.78, 5) is 11.5. The van der Waals surface area contributed by atoms with Crippen LogP contribution >= 0.6 is 0 Å². The average molecular weight is 212 g/mol. The van der Waals surface area contributed by atoms with Crippen LogP contribution in [0.25, 0.3) is 0 Å². The minimum Gasteiger partial charge on any atom is -0.461 e. The molecule has 0 saturated carbocycles. The first-order valence-electron chi connectivity index (χ1n) is 4.93. The van der Waals surface area contributed by atoms with E-state index in [9.17, 15) is 4.79 Å². The van der Waals surface area contributed by atoms with Gasteiger partial charge < -0.3 is 10.1 Å². The summed E-state index contributed by atoms with van der Waals surface area (Å²) >= 11 is 0. The lowest BCUT2D eigenvalue weighted by atomic mass is 10.1. The Hall–Kier alpha value is -1.43. The molecule has 0 fully saturated rings. The molecule has 0 aliphatic rings. The molecule has 1 atom stereocenters. The van der Waals surface area contributed by atoms with Crippen molar-refractivity contribution in [2.45, 2.75) is 19.8 Å². The minimum atomic E-state index is -0.427. The third kappa shape index (κ3) is 2.76. The van der Waals surface area contributed by atoms with Crippen molar-refractivity contribution < 1.29 is 9.53 Å². The van der Waals surface area contributed by atoms with Crippen LogP contribution in [0, 0.1) is 0 Å². The molecule has 2 N–H and O–H groups in total. The zero-order chi connectivity index (χ0) is 11.3. The molecule has 0 bridgehead atoms. The smallest absolute Gasteiger partial charge is 0.360 e. The summed E-state index contributed by atoms with van der Waals surface area (Å²) in [5.41, 5.74) is 0.919. The van der Waals surface area contributed by atoms with Gasteiger partial charge in [0.25, 0.3) is 0 Å². The fourth-order valence-corrected chi connectivity index (χ4v) is 1.34. The summed E-state index contributed by atoms with van der Waals surface area (Å²) in [6, 6.07) is 0. The molecule has 1 rings (SSSR count). The summed E-state index contributed by atoms with van der Waals surface area (Å²) in [6.07, 6.45) is 0. The van der Waals surface area contributed by atoms with Crippen molar-refractivity contribution >= 4 is 5.97 Å². The molecule has 84 valence electrons. The maximum atomic E-state index is 11.5. The molecule has 0 spiro atoms. The van der Waals surface area contributed by atoms with Gasteiger partial charge in [-0.1, -0.05) is 6.92 Å². The number of nitrogens with zero attached hydrogens (tertiary/aromatic N) is 2. The molecule has 0 aliphatic heterocycles. The van der Waals surface area contributed by atoms with Crippen molar-refractivity contribution in [2.75, 3.05) is 20.2 Å². The molecule has 0 amide bonds. The van der Waals surface area contributed by atoms with Gasteiger partial charge in [0.2, 0.25) is 0 Å². The predicted molar refractivity (Wildman–Crippen MR) is 54.7 cm³/mol. The standard InChI is InChI=1S/C9H16N4O2/c1-4-15-9(14)8-7(11-13-12-8)6(2)5-10-3/h6,10H,4-5H2,1-3H3,(H,11,12,13). The summed E-state index contributed by atoms with van der Waals surface area (Å²) < 4.78 is 4.87. The first-order chi connectivity index (χ1) is 7.20. The van der Waals surface area contributed by atoms with Crippen molar-refractivity contribution in [2.24, 2.45) is 0 Å². The van der Waals surface area contributed by atoms with Crippen molar-refractivity contribution in [3.8, 4) is 0 Å². The van der Waals surface area contributed by atoms with Crippen LogP contribution in [0.4, 0.5) is 0 Å². The monoisotopic (exact) mass is 212 g/mol. The van der Waals surface area contributed by atoms with Crippen molar-refractivity contribution in [1.29, 1.82) is 0 Å². The van der Waals surface area contributed by atoms with Crippen LogP contribution in [-0.2, 0) is 4.74 Å². The number of likely N-dealkylation sites (N-methyl/N-ethyl adjacent to an activating group) is 1. The maximum absolute atomic E-state index is 11.5. The highest BCUT2D eigenvalue weighted by Crippen LogP contribution is 2.15. The summed E-state index contributed by atoms with van der Waals surface area (Å²) in [7, 11) is 1.85. The number of ether oxygens (including phenoxy) is 1. The van der Waals surface area contributed by atoms with Crippen LogP contribution in [0.2, 0.25) is 0 Å². The summed E-state index contributed by atoms with van der Waals surface area (Å²) in [5, 5.41) is 13.2. The van der Waals surface area contributed by atoms with Gasteiger partial charge in [0.1, 0.15) is 5.69 Å². The molecule has 15 heavy (non-hydrogen) atoms. The molecular weight excluding hydrogens is 196 g/mol. The van der Waals surface area contributed by atoms with Gasteiger partial charge in [-0.3, -0.25) is 0 Å². The number of H-pyrrole nitrogens is 1. The molecule has 6 nitrogen and oxygen atoms in total. The molecule has 1 aromatic rings. The Bertz CT molecular complexity index is 324. The molecule has 1 heterocycles. The summed E-state index contributed by atoms with van der Waals surface area (Å²) in [5.74, 6) is -0.308. The number of rotatable bonds is 5. The van der Waals surface area contributed by atoms with E-state index in [4.69, 9.17) is 4.74 Å². The SMILES string of the molecule is CCOC(=O)c1n[nH]nc1C(C)CNC. The maximum Gasteiger partial charge on any atom is 0.360 e. The van der Waals surface area contributed by atoms with Crippen molar-refractivity contribution in [3.05, 3.63) is 11.4 Å². The normalized spacial score (nSPS) is 12.5. The van der Waals surface area contributed by atoms with E-state index in [1.807, 2.05) is 14.0 Å². The van der Waals surface area contributed by atoms with Gasteiger partial charge in [0.05, 0.1) is 6.61 Å². The Balaban J connectivity index is 2.81. The number of aromatic amines is 1. The lowest BCUT2D eigenvalue weighted by molar-refractivity contribution is 0.0517. The van der Waals surface area contributed by atoms with E-state index in [1.54, 1.807) is 6.92 Å². The average Bonchev–Trinajstić information content (AvgIpc) is 2.66. The quantitative estimate of drug-likeness (QED) is 0.686. The molecule has 1 aromatic heterocycles. The van der Waals surface area contributed by atoms with Gasteiger partial charge in [-0.25, -0.2) is 4.79 Å². The van der Waals surface area contributed by atoms with E-state index < -0.39 is 5.97 Å². The van der Waals surface area contributed by atoms with Gasteiger partial charge in [-0.2, -0.15) is 10.3 Å². The molecular formula is C9H16N4O2. The van der Waals surface area contributed by atoms with Gasteiger partial charge in [0, 0.05) is 12.5 Å². The fraction of sp³-hybridized carbons (Fsp3) is 0.667. The summed E-state index contributed by atoms with van der Waals surface area (Å²) in [6.45, 7) is 4.80. The highest BCUT2D eigenvalue weighted by molar-refractivity contribution is 5.88. The Morgan fingerprint density at radius 1 is 1.60 bits per heavy atom. The van der Waals surface area contributed by atoms with E-state index in [1.165, 1.54) is 0 Å². The topological polar surface area (TPSA) is 79.9 Å². The number of nitrogens with one attached hydrogen (secondary N) is 2. The zero-order valence-corrected chi connectivity index (χ0v) is 9.20. The van der Waals surface area contributed by atoms with Gasteiger partial charge in [-0.15, -0.1) is 5.10 Å². The van der Waals surface area contributed by atoms with Crippen LogP contribution in [0.15, 0.2) is 0 Å². The second-order valence-electron chi connectivity index (χ2n) is 3.24. The Labute approximate surface area is 88.4 Å². The van der Waals surface area contributed by atoms with Gasteiger partial charge in [0.15, 0.2) is 5.69 Å². The predicted octanol–water partition coefficient (Wildman–Crippen LogP) is 0.304. The first-order valence-corrected chi connectivity index (χ1v) is 4.93. The van der Waals surface area contributed by atoms with Crippen LogP contribution in [0.5, 0.6) is 0 Å². The van der Waals surface area contributed by atoms with E-state index in [0.717, 1.165) is 6.54 Å². The molecule has 0 saturated heterocycles. The third-order valence-corrected chi connectivity index (χ3v) is 2.02. The largest absolute Gasteiger partial charge is 0.461 e. The molecule has 0 aromatic carbocycles. The number of hydrogen-bond acceptors (Lipinski definition) is 5. The second-order valence-corrected chi connectivity index (χ2v) is 3.24. The van der Waals surface area contributed by atoms with Crippen LogP contribution in [-0.4, -0.2) is 41.6 Å². The number of aromatic nitrogens is 3. The van der Waals surface area contributed by atoms with Gasteiger partial charge >= 0.3 is 5.97 Å². The Morgan fingerprint density at radius 2 is 2.33 bits per heavy atom. The third-order valence-electron chi connectivity index (χ3n) is 2.02. The second kappa shape index (κ2) is 5.45. The van der Waals surface area contributed by atoms with E-state index in [-0.39, 0.29) is 11.6 Å². The molecule has 0 radical (unpaired) electrons. The highest BCUT2D eigenvalue weighted by atomic mass is 16.5. The number of hydrogen-bond donors (Lipinski definition) is 2. The number of esters is 1. The van der Waals surface area contributed by atoms with E-state index in [0.29, 0.717) is 12.3 Å². The van der Waals surface area contributed by atoms with E-state index >= 15 is 0 Å². The Kier molecular flexibility index (Phi) is 4.23. The fourth-order valence-electron chi connectivity index (χ4n) is 1.34. The van der Waals surface area contributed by atoms with Crippen molar-refractivity contribution in [1.82, 2.24) is 20.7 Å². The van der Waals surface area contributed by atoms with E-state index in [2.05, 4.69) is 20.7 Å². The molecule has 0 aliphatic carbocycles. The molecule has 1 unspecified atom stereocenters. The molecule has 6 heteroatoms. The van der Waals surface area contributed by atoms with Crippen molar-refractivity contribution in [3.63, 3.8) is 0 Å². The van der Waals surface area contributed by atoms with Crippen LogP contribution in [0.1, 0.15) is 35.9 Å². The number of carbonyl (C=O) groups is 1. The zero-order valence-electron chi connectivity index (χ0n) is 9.20. The number of carbonyl (C=O) groups excluding carboxylic acids is 1. The first kappa shape index (κ1) is 11.6.